The van der Waals surface area contributed by atoms with Crippen molar-refractivity contribution < 1.29 is 38.1 Å². The van der Waals surface area contributed by atoms with Gasteiger partial charge in [0.15, 0.2) is 0 Å². The number of benzene rings is 1. The van der Waals surface area contributed by atoms with E-state index < -0.39 is 59.5 Å². The summed E-state index contributed by atoms with van der Waals surface area (Å²) >= 11 is 0. The Morgan fingerprint density at radius 3 is 1.86 bits per heavy atom. The van der Waals surface area contributed by atoms with Gasteiger partial charge in [-0.05, 0) is 72.8 Å². The maximum Gasteiger partial charge on any atom is 0.408 e. The van der Waals surface area contributed by atoms with Crippen molar-refractivity contribution in [3.63, 3.8) is 0 Å². The van der Waals surface area contributed by atoms with Gasteiger partial charge in [-0.3, -0.25) is 9.59 Å². The first kappa shape index (κ1) is 36.7. The van der Waals surface area contributed by atoms with E-state index >= 15 is 0 Å². The second-order valence-corrected chi connectivity index (χ2v) is 14.1. The molecule has 0 aliphatic carbocycles. The summed E-state index contributed by atoms with van der Waals surface area (Å²) in [6.07, 6.45) is -2.53. The molecule has 1 aromatic rings. The van der Waals surface area contributed by atoms with Crippen molar-refractivity contribution >= 4 is 24.1 Å². The van der Waals surface area contributed by atoms with Crippen LogP contribution in [0, 0.1) is 5.41 Å². The number of amides is 3. The maximum atomic E-state index is 13.7. The molecule has 11 heteroatoms. The molecule has 0 saturated heterocycles. The molecular formula is C31H51N3O8. The van der Waals surface area contributed by atoms with Crippen LogP contribution in [-0.2, 0) is 35.1 Å². The first-order valence-electron chi connectivity index (χ1n) is 14.1. The minimum absolute atomic E-state index is 0.118. The number of nitrogens with one attached hydrogen (secondary N) is 3. The lowest BCUT2D eigenvalue weighted by atomic mass is 9.81. The van der Waals surface area contributed by atoms with Crippen molar-refractivity contribution in [3.05, 3.63) is 35.9 Å². The molecule has 0 aromatic heterocycles. The van der Waals surface area contributed by atoms with Crippen LogP contribution in [0.5, 0.6) is 0 Å². The monoisotopic (exact) mass is 593 g/mol. The topological polar surface area (TPSA) is 141 Å². The van der Waals surface area contributed by atoms with Gasteiger partial charge >= 0.3 is 18.2 Å². The third kappa shape index (κ3) is 16.8. The van der Waals surface area contributed by atoms with Gasteiger partial charge in [0.05, 0.1) is 13.2 Å². The Hall–Kier alpha value is -3.34. The molecule has 0 aliphatic rings. The molecule has 42 heavy (non-hydrogen) atoms. The largest absolute Gasteiger partial charge is 0.449 e. The van der Waals surface area contributed by atoms with E-state index in [1.54, 1.807) is 41.5 Å². The molecule has 0 fully saturated rings. The van der Waals surface area contributed by atoms with Crippen molar-refractivity contribution in [1.82, 2.24) is 16.0 Å². The fourth-order valence-corrected chi connectivity index (χ4v) is 4.28. The van der Waals surface area contributed by atoms with Crippen molar-refractivity contribution in [2.75, 3.05) is 13.2 Å². The zero-order chi connectivity index (χ0) is 32.4. The van der Waals surface area contributed by atoms with Gasteiger partial charge in [-0.1, -0.05) is 51.1 Å². The molecule has 11 nitrogen and oxygen atoms in total. The van der Waals surface area contributed by atoms with E-state index in [0.717, 1.165) is 5.56 Å². The average Bonchev–Trinajstić information content (AvgIpc) is 2.77. The molecule has 0 heterocycles. The number of hydrogen-bond donors (Lipinski definition) is 3. The molecule has 1 rings (SSSR count). The Labute approximate surface area is 250 Å². The van der Waals surface area contributed by atoms with E-state index in [1.165, 1.54) is 0 Å². The number of hydrogen-bond acceptors (Lipinski definition) is 8. The van der Waals surface area contributed by atoms with Gasteiger partial charge in [-0.25, -0.2) is 9.59 Å². The highest BCUT2D eigenvalue weighted by molar-refractivity contribution is 5.87. The highest BCUT2D eigenvalue weighted by atomic mass is 16.6. The number of alkyl carbamates (subject to hydrolysis) is 2. The second-order valence-electron chi connectivity index (χ2n) is 14.1. The molecule has 0 bridgehead atoms. The second kappa shape index (κ2) is 15.2. The zero-order valence-electron chi connectivity index (χ0n) is 27.1. The Balaban J connectivity index is 3.25. The van der Waals surface area contributed by atoms with Crippen molar-refractivity contribution in [2.45, 2.75) is 118 Å². The number of carbonyl (C=O) groups excluding carboxylic acids is 4. The SMILES string of the molecule is CC(C)(C)CC(C)(C)NC(=O)C(OC(=O)CNC(=O)OC(C)(C)C)C(COCc1ccccc1)NC(=O)OC(C)(C)C. The summed E-state index contributed by atoms with van der Waals surface area (Å²) in [5.41, 5.74) is -1.52. The lowest BCUT2D eigenvalue weighted by molar-refractivity contribution is -0.159. The van der Waals surface area contributed by atoms with E-state index in [4.69, 9.17) is 18.9 Å². The molecule has 238 valence electrons. The standard InChI is InChI=1S/C31H51N3O8/c1-28(2,3)20-31(10,11)34-25(36)24(40-23(35)17-32-26(37)41-29(4,5)6)22(33-27(38)42-30(7,8)9)19-39-18-21-15-13-12-14-16-21/h12-16,22,24H,17-20H2,1-11H3,(H,32,37)(H,33,38)(H,34,36). The van der Waals surface area contributed by atoms with Gasteiger partial charge in [0, 0.05) is 5.54 Å². The van der Waals surface area contributed by atoms with Crippen molar-refractivity contribution in [2.24, 2.45) is 5.41 Å². The van der Waals surface area contributed by atoms with Gasteiger partial charge in [0.25, 0.3) is 5.91 Å². The number of ether oxygens (including phenoxy) is 4. The minimum atomic E-state index is -1.51. The van der Waals surface area contributed by atoms with Gasteiger partial charge in [-0.15, -0.1) is 0 Å². The molecule has 0 aliphatic heterocycles. The van der Waals surface area contributed by atoms with Gasteiger partial charge in [-0.2, -0.15) is 0 Å². The van der Waals surface area contributed by atoms with E-state index in [-0.39, 0.29) is 18.6 Å². The summed E-state index contributed by atoms with van der Waals surface area (Å²) < 4.78 is 22.0. The van der Waals surface area contributed by atoms with Crippen molar-refractivity contribution in [1.29, 1.82) is 0 Å². The van der Waals surface area contributed by atoms with Crippen LogP contribution in [-0.4, -0.2) is 66.1 Å². The predicted octanol–water partition coefficient (Wildman–Crippen LogP) is 4.86. The summed E-state index contributed by atoms with van der Waals surface area (Å²) in [6.45, 7) is 19.5. The van der Waals surface area contributed by atoms with Crippen LogP contribution in [0.25, 0.3) is 0 Å². The fraction of sp³-hybridized carbons (Fsp3) is 0.677. The summed E-state index contributed by atoms with van der Waals surface area (Å²) in [5, 5.41) is 7.92. The smallest absolute Gasteiger partial charge is 0.408 e. The molecule has 3 N–H and O–H groups in total. The fourth-order valence-electron chi connectivity index (χ4n) is 4.28. The van der Waals surface area contributed by atoms with E-state index in [2.05, 4.69) is 16.0 Å². The predicted molar refractivity (Wildman–Crippen MR) is 160 cm³/mol. The van der Waals surface area contributed by atoms with Crippen LogP contribution in [0.2, 0.25) is 0 Å². The summed E-state index contributed by atoms with van der Waals surface area (Å²) in [7, 11) is 0. The van der Waals surface area contributed by atoms with E-state index in [1.807, 2.05) is 65.0 Å². The van der Waals surface area contributed by atoms with Crippen LogP contribution in [0.3, 0.4) is 0 Å². The molecule has 3 amide bonds. The molecular weight excluding hydrogens is 542 g/mol. The summed E-state index contributed by atoms with van der Waals surface area (Å²) in [6, 6.07) is 8.22. The van der Waals surface area contributed by atoms with E-state index in [0.29, 0.717) is 6.42 Å². The van der Waals surface area contributed by atoms with Gasteiger partial charge in [0.2, 0.25) is 6.10 Å². The van der Waals surface area contributed by atoms with Gasteiger partial charge in [0.1, 0.15) is 23.8 Å². The molecule has 2 unspecified atom stereocenters. The van der Waals surface area contributed by atoms with Crippen molar-refractivity contribution in [3.8, 4) is 0 Å². The highest BCUT2D eigenvalue weighted by Gasteiger charge is 2.38. The molecule has 0 radical (unpaired) electrons. The van der Waals surface area contributed by atoms with Crippen LogP contribution < -0.4 is 16.0 Å². The normalized spacial score (nSPS) is 13.8. The highest BCUT2D eigenvalue weighted by Crippen LogP contribution is 2.27. The lowest BCUT2D eigenvalue weighted by Gasteiger charge is -2.35. The molecule has 0 spiro atoms. The molecule has 0 saturated carbocycles. The maximum absolute atomic E-state index is 13.7. The molecule has 1 aromatic carbocycles. The van der Waals surface area contributed by atoms with Crippen LogP contribution in [0.1, 0.15) is 88.1 Å². The molecule has 2 atom stereocenters. The Kier molecular flexibility index (Phi) is 13.3. The summed E-state index contributed by atoms with van der Waals surface area (Å²) in [4.78, 5) is 51.5. The first-order valence-corrected chi connectivity index (χ1v) is 14.1. The van der Waals surface area contributed by atoms with Crippen LogP contribution in [0.4, 0.5) is 9.59 Å². The lowest BCUT2D eigenvalue weighted by Crippen LogP contribution is -2.59. The first-order chi connectivity index (χ1) is 19.1. The summed E-state index contributed by atoms with van der Waals surface area (Å²) in [5.74, 6) is -1.55. The van der Waals surface area contributed by atoms with Crippen LogP contribution in [0.15, 0.2) is 30.3 Å². The number of carbonyl (C=O) groups is 4. The number of rotatable bonds is 12. The Bertz CT molecular complexity index is 1040. The quantitative estimate of drug-likeness (QED) is 0.230. The Morgan fingerprint density at radius 2 is 1.33 bits per heavy atom. The van der Waals surface area contributed by atoms with Gasteiger partial charge < -0.3 is 34.9 Å². The Morgan fingerprint density at radius 1 is 0.786 bits per heavy atom. The third-order valence-electron chi connectivity index (χ3n) is 5.20. The average molecular weight is 594 g/mol. The third-order valence-corrected chi connectivity index (χ3v) is 5.20. The zero-order valence-corrected chi connectivity index (χ0v) is 27.1. The minimum Gasteiger partial charge on any atom is -0.449 e. The van der Waals surface area contributed by atoms with E-state index in [9.17, 15) is 19.2 Å². The van der Waals surface area contributed by atoms with Crippen LogP contribution >= 0.6 is 0 Å². The number of esters is 1.